The molecule has 90 valence electrons. The molecule has 0 saturated heterocycles. The molecule has 3 aromatic rings. The second kappa shape index (κ2) is 4.30. The van der Waals surface area contributed by atoms with E-state index in [1.807, 2.05) is 12.1 Å². The van der Waals surface area contributed by atoms with E-state index in [4.69, 9.17) is 21.8 Å². The van der Waals surface area contributed by atoms with Gasteiger partial charge < -0.3 is 10.2 Å². The molecule has 0 saturated carbocycles. The largest absolute Gasteiger partial charge is 0.436 e. The van der Waals surface area contributed by atoms with Crippen molar-refractivity contribution in [3.05, 3.63) is 45.9 Å². The minimum Gasteiger partial charge on any atom is -0.436 e. The molecule has 2 aromatic carbocycles. The molecule has 0 aliphatic heterocycles. The van der Waals surface area contributed by atoms with Gasteiger partial charge >= 0.3 is 0 Å². The van der Waals surface area contributed by atoms with E-state index in [2.05, 4.69) is 20.9 Å². The van der Waals surface area contributed by atoms with Gasteiger partial charge in [0.15, 0.2) is 5.58 Å². The van der Waals surface area contributed by atoms with E-state index in [1.165, 1.54) is 0 Å². The molecule has 2 N–H and O–H groups in total. The van der Waals surface area contributed by atoms with Gasteiger partial charge in [0.05, 0.1) is 5.56 Å². The molecular weight excluding hydrogens is 316 g/mol. The highest BCUT2D eigenvalue weighted by Crippen LogP contribution is 2.32. The smallest absolute Gasteiger partial charge is 0.228 e. The molecule has 5 heteroatoms. The topological polar surface area (TPSA) is 52.0 Å². The lowest BCUT2D eigenvalue weighted by Gasteiger charge is -1.99. The van der Waals surface area contributed by atoms with Crippen LogP contribution in [0, 0.1) is 0 Å². The minimum atomic E-state index is 0.518. The van der Waals surface area contributed by atoms with Gasteiger partial charge in [0.1, 0.15) is 5.52 Å². The second-order valence-electron chi connectivity index (χ2n) is 3.87. The molecule has 1 heterocycles. The Morgan fingerprint density at radius 3 is 2.83 bits per heavy atom. The number of benzene rings is 2. The Kier molecular flexibility index (Phi) is 2.76. The molecule has 18 heavy (non-hydrogen) atoms. The van der Waals surface area contributed by atoms with E-state index in [0.717, 1.165) is 15.6 Å². The first-order chi connectivity index (χ1) is 8.63. The van der Waals surface area contributed by atoms with Crippen LogP contribution in [0.3, 0.4) is 0 Å². The number of oxazole rings is 1. The van der Waals surface area contributed by atoms with Crippen LogP contribution in [0.5, 0.6) is 0 Å². The van der Waals surface area contributed by atoms with Gasteiger partial charge in [-0.25, -0.2) is 4.98 Å². The molecule has 0 spiro atoms. The summed E-state index contributed by atoms with van der Waals surface area (Å²) in [5.74, 6) is 0.518. The van der Waals surface area contributed by atoms with Gasteiger partial charge in [0.2, 0.25) is 5.89 Å². The molecular formula is C13H8BrClN2O. The number of halogens is 2. The molecule has 0 aliphatic carbocycles. The normalized spacial score (nSPS) is 11.0. The Morgan fingerprint density at radius 1 is 1.17 bits per heavy atom. The zero-order valence-corrected chi connectivity index (χ0v) is 11.5. The molecule has 0 atom stereocenters. The third-order valence-electron chi connectivity index (χ3n) is 2.57. The Morgan fingerprint density at radius 2 is 2.00 bits per heavy atom. The van der Waals surface area contributed by atoms with Crippen molar-refractivity contribution in [2.24, 2.45) is 0 Å². The van der Waals surface area contributed by atoms with E-state index >= 15 is 0 Å². The van der Waals surface area contributed by atoms with Crippen LogP contribution < -0.4 is 5.73 Å². The molecule has 0 fully saturated rings. The summed E-state index contributed by atoms with van der Waals surface area (Å²) in [5, 5.41) is 0.634. The third kappa shape index (κ3) is 1.98. The van der Waals surface area contributed by atoms with Crippen molar-refractivity contribution in [3.63, 3.8) is 0 Å². The summed E-state index contributed by atoms with van der Waals surface area (Å²) < 4.78 is 6.57. The van der Waals surface area contributed by atoms with Gasteiger partial charge in [-0.1, -0.05) is 11.6 Å². The maximum absolute atomic E-state index is 5.98. The average molecular weight is 324 g/mol. The van der Waals surface area contributed by atoms with E-state index in [9.17, 15) is 0 Å². The lowest BCUT2D eigenvalue weighted by molar-refractivity contribution is 0.619. The first kappa shape index (κ1) is 11.6. The summed E-state index contributed by atoms with van der Waals surface area (Å²) in [7, 11) is 0. The van der Waals surface area contributed by atoms with Crippen LogP contribution >= 0.6 is 27.5 Å². The number of nitrogen functional groups attached to an aromatic ring is 1. The van der Waals surface area contributed by atoms with Crippen molar-refractivity contribution >= 4 is 44.3 Å². The van der Waals surface area contributed by atoms with Crippen LogP contribution in [-0.4, -0.2) is 4.98 Å². The second-order valence-corrected chi connectivity index (χ2v) is 5.16. The van der Waals surface area contributed by atoms with Crippen LogP contribution in [0.15, 0.2) is 45.3 Å². The summed E-state index contributed by atoms with van der Waals surface area (Å²) >= 11 is 9.44. The number of hydrogen-bond acceptors (Lipinski definition) is 3. The highest BCUT2D eigenvalue weighted by Gasteiger charge is 2.12. The van der Waals surface area contributed by atoms with E-state index in [-0.39, 0.29) is 0 Å². The molecule has 1 aromatic heterocycles. The van der Waals surface area contributed by atoms with Gasteiger partial charge in [-0.05, 0) is 46.3 Å². The highest BCUT2D eigenvalue weighted by molar-refractivity contribution is 9.10. The fourth-order valence-corrected chi connectivity index (χ4v) is 2.31. The fourth-order valence-electron chi connectivity index (χ4n) is 1.72. The highest BCUT2D eigenvalue weighted by atomic mass is 79.9. The summed E-state index contributed by atoms with van der Waals surface area (Å²) in [6.45, 7) is 0. The lowest BCUT2D eigenvalue weighted by Crippen LogP contribution is -1.81. The van der Waals surface area contributed by atoms with Crippen molar-refractivity contribution in [2.75, 3.05) is 5.73 Å². The zero-order chi connectivity index (χ0) is 12.7. The number of hydrogen-bond donors (Lipinski definition) is 1. The first-order valence-electron chi connectivity index (χ1n) is 5.25. The third-order valence-corrected chi connectivity index (χ3v) is 3.50. The minimum absolute atomic E-state index is 0.518. The summed E-state index contributed by atoms with van der Waals surface area (Å²) in [4.78, 5) is 4.42. The van der Waals surface area contributed by atoms with Crippen LogP contribution in [0.4, 0.5) is 5.69 Å². The lowest BCUT2D eigenvalue weighted by atomic mass is 10.2. The maximum Gasteiger partial charge on any atom is 0.228 e. The van der Waals surface area contributed by atoms with Crippen LogP contribution in [0.25, 0.3) is 22.6 Å². The van der Waals surface area contributed by atoms with Crippen LogP contribution in [-0.2, 0) is 0 Å². The Hall–Kier alpha value is -1.52. The van der Waals surface area contributed by atoms with Crippen molar-refractivity contribution in [3.8, 4) is 11.5 Å². The van der Waals surface area contributed by atoms with Gasteiger partial charge in [-0.15, -0.1) is 0 Å². The molecule has 0 aliphatic rings. The average Bonchev–Trinajstić information content (AvgIpc) is 2.74. The fraction of sp³-hybridized carbons (Fsp3) is 0. The standard InChI is InChI=1S/C13H8BrClN2O/c14-10-3-1-7(15)5-9(10)13-17-11-4-2-8(16)6-12(11)18-13/h1-6H,16H2. The Labute approximate surface area is 117 Å². The maximum atomic E-state index is 5.98. The van der Waals surface area contributed by atoms with E-state index in [1.54, 1.807) is 24.3 Å². The van der Waals surface area contributed by atoms with Gasteiger partial charge in [-0.2, -0.15) is 0 Å². The number of anilines is 1. The van der Waals surface area contributed by atoms with Gasteiger partial charge in [0.25, 0.3) is 0 Å². The molecule has 3 nitrogen and oxygen atoms in total. The first-order valence-corrected chi connectivity index (χ1v) is 6.42. The number of aromatic nitrogens is 1. The van der Waals surface area contributed by atoms with Crippen LogP contribution in [0.1, 0.15) is 0 Å². The molecule has 3 rings (SSSR count). The molecule has 0 radical (unpaired) electrons. The predicted octanol–water partition coefficient (Wildman–Crippen LogP) is 4.49. The zero-order valence-electron chi connectivity index (χ0n) is 9.15. The van der Waals surface area contributed by atoms with E-state index < -0.39 is 0 Å². The quantitative estimate of drug-likeness (QED) is 0.671. The predicted molar refractivity (Wildman–Crippen MR) is 76.6 cm³/mol. The monoisotopic (exact) mass is 322 g/mol. The van der Waals surface area contributed by atoms with Crippen LogP contribution in [0.2, 0.25) is 5.02 Å². The Balaban J connectivity index is 2.22. The molecule has 0 unspecified atom stereocenters. The van der Waals surface area contributed by atoms with Crippen molar-refractivity contribution in [1.29, 1.82) is 0 Å². The summed E-state index contributed by atoms with van der Waals surface area (Å²) in [6.07, 6.45) is 0. The van der Waals surface area contributed by atoms with Crippen molar-refractivity contribution in [2.45, 2.75) is 0 Å². The molecule has 0 bridgehead atoms. The number of fused-ring (bicyclic) bond motifs is 1. The summed E-state index contributed by atoms with van der Waals surface area (Å²) in [5.41, 5.74) is 8.61. The van der Waals surface area contributed by atoms with Crippen molar-refractivity contribution < 1.29 is 4.42 Å². The number of rotatable bonds is 1. The number of nitrogens with zero attached hydrogens (tertiary/aromatic N) is 1. The molecule has 0 amide bonds. The van der Waals surface area contributed by atoms with Crippen molar-refractivity contribution in [1.82, 2.24) is 4.98 Å². The van der Waals surface area contributed by atoms with Gasteiger partial charge in [0, 0.05) is 21.2 Å². The SMILES string of the molecule is Nc1ccc2nc(-c3cc(Cl)ccc3Br)oc2c1. The Bertz CT molecular complexity index is 739. The van der Waals surface area contributed by atoms with E-state index in [0.29, 0.717) is 22.2 Å². The number of nitrogens with two attached hydrogens (primary N) is 1. The summed E-state index contributed by atoms with van der Waals surface area (Å²) in [6, 6.07) is 10.8. The van der Waals surface area contributed by atoms with Gasteiger partial charge in [-0.3, -0.25) is 0 Å².